The normalized spacial score (nSPS) is 10.8. The largest absolute Gasteiger partial charge is 0.461 e. The van der Waals surface area contributed by atoms with Gasteiger partial charge in [0.05, 0.1) is 12.0 Å². The molecule has 0 atom stereocenters. The van der Waals surface area contributed by atoms with Crippen LogP contribution in [0.15, 0.2) is 58.7 Å². The Kier molecular flexibility index (Phi) is 5.83. The van der Waals surface area contributed by atoms with Crippen LogP contribution in [-0.4, -0.2) is 28.3 Å². The number of aryl methyl sites for hydroxylation is 1. The number of aromatic nitrogens is 2. The molecule has 7 nitrogen and oxygen atoms in total. The van der Waals surface area contributed by atoms with Gasteiger partial charge >= 0.3 is 5.97 Å². The number of halogens is 1. The van der Waals surface area contributed by atoms with Gasteiger partial charge in [-0.1, -0.05) is 29.8 Å². The molecule has 0 fully saturated rings. The number of carbonyl (C=O) groups excluding carboxylic acids is 2. The minimum Gasteiger partial charge on any atom is -0.461 e. The van der Waals surface area contributed by atoms with Crippen molar-refractivity contribution in [1.82, 2.24) is 9.78 Å². The Balaban J connectivity index is 1.89. The zero-order chi connectivity index (χ0) is 22.8. The number of para-hydroxylation sites is 1. The summed E-state index contributed by atoms with van der Waals surface area (Å²) in [5.41, 5.74) is 0.481. The molecule has 1 amide bonds. The number of thiophene rings is 1. The van der Waals surface area contributed by atoms with Crippen molar-refractivity contribution in [2.75, 3.05) is 11.9 Å². The Labute approximate surface area is 186 Å². The van der Waals surface area contributed by atoms with Crippen LogP contribution in [0.1, 0.15) is 33.3 Å². The van der Waals surface area contributed by atoms with Gasteiger partial charge in [-0.3, -0.25) is 9.59 Å². The number of nitrogens with one attached hydrogen (secondary N) is 1. The van der Waals surface area contributed by atoms with Gasteiger partial charge in [0.25, 0.3) is 11.5 Å². The van der Waals surface area contributed by atoms with E-state index >= 15 is 0 Å². The van der Waals surface area contributed by atoms with Crippen molar-refractivity contribution in [3.05, 3.63) is 86.9 Å². The molecule has 1 N–H and O–H groups in total. The number of hydrogen-bond donors (Lipinski definition) is 1. The number of nitrogens with zero attached hydrogens (tertiary/aromatic N) is 2. The first-order chi connectivity index (χ1) is 15.4. The fourth-order valence-electron chi connectivity index (χ4n) is 3.16. The van der Waals surface area contributed by atoms with Crippen LogP contribution in [0.3, 0.4) is 0 Å². The monoisotopic (exact) mass is 451 g/mol. The Morgan fingerprint density at radius 2 is 1.88 bits per heavy atom. The molecule has 0 bridgehead atoms. The third-order valence-corrected chi connectivity index (χ3v) is 5.64. The molecule has 0 aliphatic carbocycles. The highest BCUT2D eigenvalue weighted by atomic mass is 32.1. The lowest BCUT2D eigenvalue weighted by molar-refractivity contribution is 0.0519. The highest BCUT2D eigenvalue weighted by molar-refractivity contribution is 7.16. The first-order valence-corrected chi connectivity index (χ1v) is 10.6. The molecule has 2 aromatic heterocycles. The Morgan fingerprint density at radius 3 is 2.56 bits per heavy atom. The third kappa shape index (κ3) is 3.90. The molecule has 0 aliphatic heterocycles. The van der Waals surface area contributed by atoms with Gasteiger partial charge in [0, 0.05) is 16.3 Å². The third-order valence-electron chi connectivity index (χ3n) is 4.74. The molecule has 2 aromatic carbocycles. The molecule has 0 unspecified atom stereocenters. The number of ether oxygens (including phenoxy) is 1. The number of rotatable bonds is 5. The molecule has 0 saturated carbocycles. The van der Waals surface area contributed by atoms with E-state index in [1.54, 1.807) is 42.6 Å². The fraction of sp³-hybridized carbons (Fsp3) is 0.130. The van der Waals surface area contributed by atoms with Gasteiger partial charge in [-0.25, -0.2) is 9.18 Å². The first kappa shape index (κ1) is 21.4. The topological polar surface area (TPSA) is 90.3 Å². The van der Waals surface area contributed by atoms with Crippen LogP contribution < -0.4 is 10.9 Å². The van der Waals surface area contributed by atoms with E-state index in [1.807, 2.05) is 6.92 Å². The summed E-state index contributed by atoms with van der Waals surface area (Å²) in [5, 5.41) is 8.88. The first-order valence-electron chi connectivity index (χ1n) is 9.75. The summed E-state index contributed by atoms with van der Waals surface area (Å²) >= 11 is 1.07. The van der Waals surface area contributed by atoms with Crippen LogP contribution in [-0.2, 0) is 4.74 Å². The fourth-order valence-corrected chi connectivity index (χ4v) is 4.09. The molecule has 4 aromatic rings. The standard InChI is InChI=1S/C23H18FN3O4S/c1-3-31-23(30)19-15-12-32-21(25-20(28)14-10-8-13(2)9-11-14)18(15)22(29)27(26-19)17-7-5-4-6-16(17)24/h4-12H,3H2,1-2H3,(H,25,28). The Bertz CT molecular complexity index is 1390. The summed E-state index contributed by atoms with van der Waals surface area (Å²) in [6.07, 6.45) is 0. The van der Waals surface area contributed by atoms with E-state index in [1.165, 1.54) is 18.2 Å². The quantitative estimate of drug-likeness (QED) is 0.457. The van der Waals surface area contributed by atoms with Crippen LogP contribution in [0.2, 0.25) is 0 Å². The summed E-state index contributed by atoms with van der Waals surface area (Å²) in [5.74, 6) is -1.85. The van der Waals surface area contributed by atoms with Gasteiger partial charge in [0.2, 0.25) is 0 Å². The van der Waals surface area contributed by atoms with Gasteiger partial charge < -0.3 is 10.1 Å². The molecule has 0 aliphatic rings. The molecule has 32 heavy (non-hydrogen) atoms. The van der Waals surface area contributed by atoms with Crippen molar-refractivity contribution >= 4 is 39.0 Å². The minimum atomic E-state index is -0.753. The lowest BCUT2D eigenvalue weighted by atomic mass is 10.1. The van der Waals surface area contributed by atoms with Crippen LogP contribution in [0.25, 0.3) is 16.5 Å². The SMILES string of the molecule is CCOC(=O)c1nn(-c2ccccc2F)c(=O)c2c(NC(=O)c3ccc(C)cc3)scc12. The predicted octanol–water partition coefficient (Wildman–Crippen LogP) is 4.32. The highest BCUT2D eigenvalue weighted by Crippen LogP contribution is 2.31. The van der Waals surface area contributed by atoms with E-state index in [2.05, 4.69) is 10.4 Å². The van der Waals surface area contributed by atoms with Crippen LogP contribution >= 0.6 is 11.3 Å². The van der Waals surface area contributed by atoms with Crippen molar-refractivity contribution in [2.45, 2.75) is 13.8 Å². The van der Waals surface area contributed by atoms with Crippen molar-refractivity contribution in [3.8, 4) is 5.69 Å². The molecular weight excluding hydrogens is 433 g/mol. The lowest BCUT2D eigenvalue weighted by Gasteiger charge is -2.10. The van der Waals surface area contributed by atoms with Crippen LogP contribution in [0.5, 0.6) is 0 Å². The number of fused-ring (bicyclic) bond motifs is 1. The molecule has 0 saturated heterocycles. The van der Waals surface area contributed by atoms with Gasteiger partial charge in [-0.2, -0.15) is 9.78 Å². The summed E-state index contributed by atoms with van der Waals surface area (Å²) < 4.78 is 20.3. The van der Waals surface area contributed by atoms with Crippen LogP contribution in [0.4, 0.5) is 9.39 Å². The summed E-state index contributed by atoms with van der Waals surface area (Å²) in [4.78, 5) is 38.6. The Hall–Kier alpha value is -3.85. The van der Waals surface area contributed by atoms with Crippen molar-refractivity contribution in [2.24, 2.45) is 0 Å². The highest BCUT2D eigenvalue weighted by Gasteiger charge is 2.24. The van der Waals surface area contributed by atoms with E-state index < -0.39 is 23.3 Å². The van der Waals surface area contributed by atoms with Crippen molar-refractivity contribution < 1.29 is 18.7 Å². The summed E-state index contributed by atoms with van der Waals surface area (Å²) in [7, 11) is 0. The second-order valence-electron chi connectivity index (χ2n) is 6.91. The number of benzene rings is 2. The van der Waals surface area contributed by atoms with Crippen molar-refractivity contribution in [1.29, 1.82) is 0 Å². The van der Waals surface area contributed by atoms with Crippen molar-refractivity contribution in [3.63, 3.8) is 0 Å². The van der Waals surface area contributed by atoms with E-state index in [4.69, 9.17) is 4.74 Å². The smallest absolute Gasteiger partial charge is 0.359 e. The average molecular weight is 451 g/mol. The van der Waals surface area contributed by atoms with E-state index in [0.717, 1.165) is 21.6 Å². The van der Waals surface area contributed by atoms with Gasteiger partial charge in [-0.15, -0.1) is 11.3 Å². The van der Waals surface area contributed by atoms with Crippen LogP contribution in [0, 0.1) is 12.7 Å². The van der Waals surface area contributed by atoms with E-state index in [0.29, 0.717) is 5.56 Å². The molecule has 0 radical (unpaired) electrons. The number of hydrogen-bond acceptors (Lipinski definition) is 6. The number of esters is 1. The maximum Gasteiger partial charge on any atom is 0.359 e. The van der Waals surface area contributed by atoms with Gasteiger partial charge in [0.15, 0.2) is 5.69 Å². The summed E-state index contributed by atoms with van der Waals surface area (Å²) in [6, 6.07) is 12.5. The van der Waals surface area contributed by atoms with E-state index in [-0.39, 0.29) is 33.8 Å². The van der Waals surface area contributed by atoms with E-state index in [9.17, 15) is 18.8 Å². The maximum atomic E-state index is 14.4. The summed E-state index contributed by atoms with van der Waals surface area (Å²) in [6.45, 7) is 3.65. The molecule has 2 heterocycles. The molecule has 4 rings (SSSR count). The van der Waals surface area contributed by atoms with Gasteiger partial charge in [-0.05, 0) is 38.1 Å². The lowest BCUT2D eigenvalue weighted by Crippen LogP contribution is -2.26. The second-order valence-corrected chi connectivity index (χ2v) is 7.79. The molecule has 9 heteroatoms. The molecule has 162 valence electrons. The predicted molar refractivity (Wildman–Crippen MR) is 120 cm³/mol. The Morgan fingerprint density at radius 1 is 1.16 bits per heavy atom. The number of amides is 1. The maximum absolute atomic E-state index is 14.4. The zero-order valence-electron chi connectivity index (χ0n) is 17.2. The number of anilines is 1. The average Bonchev–Trinajstić information content (AvgIpc) is 3.19. The zero-order valence-corrected chi connectivity index (χ0v) is 18.0. The minimum absolute atomic E-state index is 0.0526. The molecular formula is C23H18FN3O4S. The molecule has 0 spiro atoms. The second kappa shape index (κ2) is 8.72. The number of carbonyl (C=O) groups is 2. The van der Waals surface area contributed by atoms with Gasteiger partial charge in [0.1, 0.15) is 16.5 Å².